The van der Waals surface area contributed by atoms with Gasteiger partial charge in [0.1, 0.15) is 0 Å². The molecule has 0 spiro atoms. The minimum atomic E-state index is -0.496. The van der Waals surface area contributed by atoms with Gasteiger partial charge in [-0.25, -0.2) is 0 Å². The molecule has 0 heterocycles. The number of rotatable bonds is 2. The summed E-state index contributed by atoms with van der Waals surface area (Å²) in [4.78, 5) is 10.1. The van der Waals surface area contributed by atoms with Gasteiger partial charge in [-0.1, -0.05) is 40.9 Å². The van der Waals surface area contributed by atoms with Gasteiger partial charge in [0.2, 0.25) is 0 Å². The van der Waals surface area contributed by atoms with Crippen LogP contribution in [-0.4, -0.2) is 4.92 Å². The van der Waals surface area contributed by atoms with Crippen LogP contribution in [0.4, 0.5) is 5.69 Å². The predicted octanol–water partition coefficient (Wildman–Crippen LogP) is 5.22. The molecule has 2 aromatic rings. The highest BCUT2D eigenvalue weighted by Crippen LogP contribution is 2.34. The third-order valence-electron chi connectivity index (χ3n) is 2.39. The number of hydrogen-bond donors (Lipinski definition) is 0. The van der Waals surface area contributed by atoms with Crippen molar-refractivity contribution in [2.45, 2.75) is 0 Å². The van der Waals surface area contributed by atoms with Crippen LogP contribution in [0.1, 0.15) is 0 Å². The van der Waals surface area contributed by atoms with Crippen LogP contribution in [0.3, 0.4) is 0 Å². The zero-order valence-corrected chi connectivity index (χ0v) is 11.1. The molecule has 0 radical (unpaired) electrons. The average Bonchev–Trinajstić information content (AvgIpc) is 2.32. The van der Waals surface area contributed by atoms with Gasteiger partial charge in [-0.3, -0.25) is 10.1 Å². The number of nitro benzene ring substituents is 1. The second-order valence-electron chi connectivity index (χ2n) is 3.55. The molecule has 0 saturated carbocycles. The number of hydrogen-bond acceptors (Lipinski definition) is 2. The molecule has 0 aliphatic carbocycles. The van der Waals surface area contributed by atoms with Gasteiger partial charge in [0.25, 0.3) is 5.69 Å². The third-order valence-corrected chi connectivity index (χ3v) is 3.45. The highest BCUT2D eigenvalue weighted by molar-refractivity contribution is 6.42. The number of nitro groups is 1. The van der Waals surface area contributed by atoms with Crippen molar-refractivity contribution in [3.05, 3.63) is 61.6 Å². The molecule has 0 saturated heterocycles. The van der Waals surface area contributed by atoms with E-state index in [0.29, 0.717) is 20.6 Å². The largest absolute Gasteiger partial charge is 0.270 e. The monoisotopic (exact) mass is 301 g/mol. The summed E-state index contributed by atoms with van der Waals surface area (Å²) in [5.41, 5.74) is 1.37. The summed E-state index contributed by atoms with van der Waals surface area (Å²) in [5, 5.41) is 11.8. The maximum atomic E-state index is 10.6. The molecule has 0 aliphatic rings. The summed E-state index contributed by atoms with van der Waals surface area (Å²) in [6, 6.07) is 9.35. The normalized spacial score (nSPS) is 10.4. The van der Waals surface area contributed by atoms with Gasteiger partial charge >= 0.3 is 0 Å². The number of benzene rings is 2. The van der Waals surface area contributed by atoms with Gasteiger partial charge in [0.15, 0.2) is 0 Å². The Morgan fingerprint density at radius 1 is 0.889 bits per heavy atom. The SMILES string of the molecule is O=[N+]([O-])c1ccc(-c2ccc(Cl)c(Cl)c2)c(Cl)c1. The van der Waals surface area contributed by atoms with Crippen molar-refractivity contribution in [2.24, 2.45) is 0 Å². The first kappa shape index (κ1) is 13.1. The molecule has 0 aliphatic heterocycles. The summed E-state index contributed by atoms with van der Waals surface area (Å²) in [5.74, 6) is 0. The van der Waals surface area contributed by atoms with E-state index in [1.807, 2.05) is 0 Å². The first-order chi connectivity index (χ1) is 8.49. The van der Waals surface area contributed by atoms with Gasteiger partial charge in [-0.2, -0.15) is 0 Å². The molecule has 0 fully saturated rings. The lowest BCUT2D eigenvalue weighted by atomic mass is 10.1. The smallest absolute Gasteiger partial charge is 0.258 e. The van der Waals surface area contributed by atoms with E-state index < -0.39 is 4.92 Å². The van der Waals surface area contributed by atoms with Crippen LogP contribution in [0.25, 0.3) is 11.1 Å². The van der Waals surface area contributed by atoms with Crippen LogP contribution in [0.5, 0.6) is 0 Å². The van der Waals surface area contributed by atoms with Gasteiger partial charge in [0, 0.05) is 17.7 Å². The molecule has 0 atom stereocenters. The molecule has 0 aromatic heterocycles. The maximum absolute atomic E-state index is 10.6. The van der Waals surface area contributed by atoms with Gasteiger partial charge in [-0.05, 0) is 23.8 Å². The van der Waals surface area contributed by atoms with Crippen molar-refractivity contribution < 1.29 is 4.92 Å². The average molecular weight is 303 g/mol. The summed E-state index contributed by atoms with van der Waals surface area (Å²) in [7, 11) is 0. The fraction of sp³-hybridized carbons (Fsp3) is 0. The topological polar surface area (TPSA) is 43.1 Å². The Morgan fingerprint density at radius 2 is 1.61 bits per heavy atom. The summed E-state index contributed by atoms with van der Waals surface area (Å²) in [6.07, 6.45) is 0. The second kappa shape index (κ2) is 5.14. The fourth-order valence-corrected chi connectivity index (χ4v) is 2.10. The molecule has 6 heteroatoms. The highest BCUT2D eigenvalue weighted by Gasteiger charge is 2.11. The molecule has 2 rings (SSSR count). The summed E-state index contributed by atoms with van der Waals surface area (Å²) in [6.45, 7) is 0. The van der Waals surface area contributed by atoms with E-state index in [-0.39, 0.29) is 5.69 Å². The Balaban J connectivity index is 2.51. The van der Waals surface area contributed by atoms with Crippen molar-refractivity contribution in [3.63, 3.8) is 0 Å². The van der Waals surface area contributed by atoms with Crippen LogP contribution >= 0.6 is 34.8 Å². The quantitative estimate of drug-likeness (QED) is 0.563. The predicted molar refractivity (Wildman–Crippen MR) is 73.6 cm³/mol. The van der Waals surface area contributed by atoms with Crippen LogP contribution in [0, 0.1) is 10.1 Å². The Bertz CT molecular complexity index is 629. The zero-order chi connectivity index (χ0) is 13.3. The van der Waals surface area contributed by atoms with Crippen molar-refractivity contribution >= 4 is 40.5 Å². The molecule has 3 nitrogen and oxygen atoms in total. The Labute approximate surface area is 118 Å². The summed E-state index contributed by atoms with van der Waals surface area (Å²) >= 11 is 17.8. The van der Waals surface area contributed by atoms with E-state index >= 15 is 0 Å². The van der Waals surface area contributed by atoms with Crippen molar-refractivity contribution in [2.75, 3.05) is 0 Å². The molecule has 18 heavy (non-hydrogen) atoms. The van der Waals surface area contributed by atoms with E-state index in [2.05, 4.69) is 0 Å². The lowest BCUT2D eigenvalue weighted by Crippen LogP contribution is -1.88. The standard InChI is InChI=1S/C12H6Cl3NO2/c13-10-4-1-7(5-12(10)15)9-3-2-8(16(17)18)6-11(9)14/h1-6H. The van der Waals surface area contributed by atoms with E-state index in [9.17, 15) is 10.1 Å². The fourth-order valence-electron chi connectivity index (χ4n) is 1.52. The molecule has 0 bridgehead atoms. The summed E-state index contributed by atoms with van der Waals surface area (Å²) < 4.78 is 0. The molecule has 0 N–H and O–H groups in total. The molecule has 2 aromatic carbocycles. The van der Waals surface area contributed by atoms with Crippen LogP contribution < -0.4 is 0 Å². The zero-order valence-electron chi connectivity index (χ0n) is 8.86. The Kier molecular flexibility index (Phi) is 3.76. The van der Waals surface area contributed by atoms with Crippen LogP contribution in [0.2, 0.25) is 15.1 Å². The van der Waals surface area contributed by atoms with Crippen LogP contribution in [0.15, 0.2) is 36.4 Å². The lowest BCUT2D eigenvalue weighted by Gasteiger charge is -2.05. The highest BCUT2D eigenvalue weighted by atomic mass is 35.5. The van der Waals surface area contributed by atoms with Crippen LogP contribution in [-0.2, 0) is 0 Å². The number of halogens is 3. The third kappa shape index (κ3) is 2.58. The molecular formula is C12H6Cl3NO2. The number of nitrogens with zero attached hydrogens (tertiary/aromatic N) is 1. The van der Waals surface area contributed by atoms with E-state index in [1.54, 1.807) is 24.3 Å². The molecule has 0 amide bonds. The second-order valence-corrected chi connectivity index (χ2v) is 4.77. The van der Waals surface area contributed by atoms with Crippen molar-refractivity contribution in [3.8, 4) is 11.1 Å². The molecule has 0 unspecified atom stereocenters. The van der Waals surface area contributed by atoms with Crippen molar-refractivity contribution in [1.29, 1.82) is 0 Å². The van der Waals surface area contributed by atoms with Gasteiger partial charge in [-0.15, -0.1) is 0 Å². The first-order valence-electron chi connectivity index (χ1n) is 4.88. The van der Waals surface area contributed by atoms with Gasteiger partial charge < -0.3 is 0 Å². The van der Waals surface area contributed by atoms with Crippen molar-refractivity contribution in [1.82, 2.24) is 0 Å². The van der Waals surface area contributed by atoms with E-state index in [0.717, 1.165) is 5.56 Å². The minimum absolute atomic E-state index is 0.0520. The van der Waals surface area contributed by atoms with E-state index in [1.165, 1.54) is 12.1 Å². The molecule has 92 valence electrons. The molecular weight excluding hydrogens is 296 g/mol. The Morgan fingerprint density at radius 3 is 2.17 bits per heavy atom. The van der Waals surface area contributed by atoms with E-state index in [4.69, 9.17) is 34.8 Å². The first-order valence-corrected chi connectivity index (χ1v) is 6.02. The number of non-ortho nitro benzene ring substituents is 1. The maximum Gasteiger partial charge on any atom is 0.270 e. The Hall–Kier alpha value is -1.29. The lowest BCUT2D eigenvalue weighted by molar-refractivity contribution is -0.384. The van der Waals surface area contributed by atoms with Gasteiger partial charge in [0.05, 0.1) is 20.0 Å². The minimum Gasteiger partial charge on any atom is -0.258 e.